The number of imidazole rings is 1. The smallest absolute Gasteiger partial charge is 0.113 e. The average Bonchev–Trinajstić information content (AvgIpc) is 2.62. The average molecular weight is 204 g/mol. The van der Waals surface area contributed by atoms with Gasteiger partial charge in [0.1, 0.15) is 5.82 Å². The molecule has 0 aliphatic carbocycles. The van der Waals surface area contributed by atoms with Gasteiger partial charge >= 0.3 is 0 Å². The summed E-state index contributed by atoms with van der Waals surface area (Å²) in [5, 5.41) is 0. The molecule has 0 fully saturated rings. The zero-order valence-corrected chi connectivity index (χ0v) is 10.1. The lowest BCUT2D eigenvalue weighted by Crippen LogP contribution is -2.17. The molecule has 0 unspecified atom stereocenters. The van der Waals surface area contributed by atoms with E-state index in [1.807, 2.05) is 6.20 Å². The maximum atomic E-state index is 4.41. The van der Waals surface area contributed by atoms with Gasteiger partial charge in [0.15, 0.2) is 0 Å². The van der Waals surface area contributed by atoms with E-state index in [2.05, 4.69) is 43.4 Å². The fourth-order valence-corrected chi connectivity index (χ4v) is 2.50. The standard InChI is InChI=1S/C13H20N2/c1-9(2)11-5-6-12-14-7-8-15(12)13(11)10(3)4/h7-10H,5-6H2,1-4H3. The largest absolute Gasteiger partial charge is 0.307 e. The topological polar surface area (TPSA) is 17.8 Å². The zero-order chi connectivity index (χ0) is 11.0. The summed E-state index contributed by atoms with van der Waals surface area (Å²) in [6.45, 7) is 9.12. The van der Waals surface area contributed by atoms with Crippen molar-refractivity contribution in [2.75, 3.05) is 0 Å². The number of fused-ring (bicyclic) bond motifs is 1. The molecule has 1 aliphatic rings. The van der Waals surface area contributed by atoms with E-state index in [4.69, 9.17) is 0 Å². The van der Waals surface area contributed by atoms with Gasteiger partial charge in [-0.05, 0) is 23.8 Å². The van der Waals surface area contributed by atoms with Crippen LogP contribution in [0.4, 0.5) is 0 Å². The van der Waals surface area contributed by atoms with Crippen LogP contribution in [-0.2, 0) is 6.42 Å². The molecule has 82 valence electrons. The molecule has 2 heteroatoms. The van der Waals surface area contributed by atoms with Gasteiger partial charge in [-0.2, -0.15) is 0 Å². The fraction of sp³-hybridized carbons (Fsp3) is 0.615. The first-order valence-corrected chi connectivity index (χ1v) is 5.86. The Balaban J connectivity index is 2.54. The Morgan fingerprint density at radius 2 is 1.87 bits per heavy atom. The van der Waals surface area contributed by atoms with Crippen molar-refractivity contribution >= 4 is 5.70 Å². The molecule has 1 aromatic heterocycles. The Morgan fingerprint density at radius 1 is 1.13 bits per heavy atom. The van der Waals surface area contributed by atoms with Gasteiger partial charge < -0.3 is 4.57 Å². The van der Waals surface area contributed by atoms with Crippen molar-refractivity contribution in [1.82, 2.24) is 9.55 Å². The highest BCUT2D eigenvalue weighted by Gasteiger charge is 2.22. The van der Waals surface area contributed by atoms with Crippen molar-refractivity contribution in [2.45, 2.75) is 40.5 Å². The molecule has 0 aromatic carbocycles. The first-order chi connectivity index (χ1) is 7.11. The monoisotopic (exact) mass is 204 g/mol. The van der Waals surface area contributed by atoms with E-state index in [-0.39, 0.29) is 0 Å². The zero-order valence-electron chi connectivity index (χ0n) is 10.1. The van der Waals surface area contributed by atoms with Gasteiger partial charge in [-0.1, -0.05) is 27.7 Å². The quantitative estimate of drug-likeness (QED) is 0.722. The summed E-state index contributed by atoms with van der Waals surface area (Å²) in [4.78, 5) is 4.41. The number of allylic oxidation sites excluding steroid dienone is 2. The maximum Gasteiger partial charge on any atom is 0.113 e. The third-order valence-electron chi connectivity index (χ3n) is 3.17. The number of hydrogen-bond acceptors (Lipinski definition) is 1. The second-order valence-corrected chi connectivity index (χ2v) is 4.93. The van der Waals surface area contributed by atoms with Crippen LogP contribution in [0.1, 0.15) is 39.9 Å². The molecule has 0 bridgehead atoms. The summed E-state index contributed by atoms with van der Waals surface area (Å²) in [6.07, 6.45) is 6.30. The van der Waals surface area contributed by atoms with Crippen LogP contribution < -0.4 is 0 Å². The van der Waals surface area contributed by atoms with Crippen molar-refractivity contribution in [1.29, 1.82) is 0 Å². The number of aryl methyl sites for hydroxylation is 1. The van der Waals surface area contributed by atoms with Crippen LogP contribution in [-0.4, -0.2) is 9.55 Å². The Kier molecular flexibility index (Phi) is 2.68. The van der Waals surface area contributed by atoms with Gasteiger partial charge in [0.2, 0.25) is 0 Å². The second-order valence-electron chi connectivity index (χ2n) is 4.93. The van der Waals surface area contributed by atoms with Crippen molar-refractivity contribution in [3.8, 4) is 0 Å². The van der Waals surface area contributed by atoms with E-state index in [9.17, 15) is 0 Å². The van der Waals surface area contributed by atoms with E-state index in [1.165, 1.54) is 17.9 Å². The van der Waals surface area contributed by atoms with Crippen molar-refractivity contribution < 1.29 is 0 Å². The van der Waals surface area contributed by atoms with Crippen molar-refractivity contribution in [3.63, 3.8) is 0 Å². The van der Waals surface area contributed by atoms with Crippen molar-refractivity contribution in [3.05, 3.63) is 23.8 Å². The number of aromatic nitrogens is 2. The van der Waals surface area contributed by atoms with Gasteiger partial charge in [-0.15, -0.1) is 0 Å². The molecule has 1 aromatic rings. The summed E-state index contributed by atoms with van der Waals surface area (Å²) in [7, 11) is 0. The van der Waals surface area contributed by atoms with Crippen LogP contribution >= 0.6 is 0 Å². The predicted octanol–water partition coefficient (Wildman–Crippen LogP) is 3.35. The third-order valence-corrected chi connectivity index (χ3v) is 3.17. The van der Waals surface area contributed by atoms with Crippen LogP contribution in [0.25, 0.3) is 5.70 Å². The molecule has 0 spiro atoms. The number of rotatable bonds is 2. The minimum Gasteiger partial charge on any atom is -0.307 e. The van der Waals surface area contributed by atoms with Gasteiger partial charge in [0, 0.05) is 24.5 Å². The molecule has 2 rings (SSSR count). The number of nitrogens with zero attached hydrogens (tertiary/aromatic N) is 2. The summed E-state index contributed by atoms with van der Waals surface area (Å²) in [6, 6.07) is 0. The first kappa shape index (κ1) is 10.5. The molecular weight excluding hydrogens is 184 g/mol. The van der Waals surface area contributed by atoms with Gasteiger partial charge in [-0.3, -0.25) is 0 Å². The minimum atomic E-state index is 0.579. The third kappa shape index (κ3) is 1.73. The molecule has 0 amide bonds. The highest BCUT2D eigenvalue weighted by atomic mass is 15.1. The Hall–Kier alpha value is -1.05. The van der Waals surface area contributed by atoms with E-state index < -0.39 is 0 Å². The number of hydrogen-bond donors (Lipinski definition) is 0. The lowest BCUT2D eigenvalue weighted by atomic mass is 9.89. The molecule has 15 heavy (non-hydrogen) atoms. The molecular formula is C13H20N2. The Bertz CT molecular complexity index is 383. The molecule has 0 atom stereocenters. The lowest BCUT2D eigenvalue weighted by molar-refractivity contribution is 0.627. The van der Waals surface area contributed by atoms with Crippen LogP contribution in [0, 0.1) is 11.8 Å². The summed E-state index contributed by atoms with van der Waals surface area (Å²) >= 11 is 0. The van der Waals surface area contributed by atoms with E-state index in [0.717, 1.165) is 6.42 Å². The fourth-order valence-electron chi connectivity index (χ4n) is 2.50. The Morgan fingerprint density at radius 3 is 2.47 bits per heavy atom. The Labute approximate surface area is 92.0 Å². The first-order valence-electron chi connectivity index (χ1n) is 5.86. The molecule has 0 saturated carbocycles. The molecule has 1 aliphatic heterocycles. The molecule has 2 heterocycles. The predicted molar refractivity (Wildman–Crippen MR) is 63.4 cm³/mol. The molecule has 0 saturated heterocycles. The lowest BCUT2D eigenvalue weighted by Gasteiger charge is -2.27. The van der Waals surface area contributed by atoms with Gasteiger partial charge in [0.25, 0.3) is 0 Å². The highest BCUT2D eigenvalue weighted by Crippen LogP contribution is 2.33. The SMILES string of the molecule is CC(C)C1=C(C(C)C)n2ccnc2CC1. The molecule has 0 N–H and O–H groups in total. The van der Waals surface area contributed by atoms with E-state index >= 15 is 0 Å². The normalized spacial score (nSPS) is 16.4. The van der Waals surface area contributed by atoms with Crippen LogP contribution in [0.2, 0.25) is 0 Å². The molecule has 2 nitrogen and oxygen atoms in total. The highest BCUT2D eigenvalue weighted by molar-refractivity contribution is 5.55. The minimum absolute atomic E-state index is 0.579. The van der Waals surface area contributed by atoms with Crippen LogP contribution in [0.5, 0.6) is 0 Å². The summed E-state index contributed by atoms with van der Waals surface area (Å²) in [5.74, 6) is 2.46. The van der Waals surface area contributed by atoms with Crippen LogP contribution in [0.15, 0.2) is 18.0 Å². The van der Waals surface area contributed by atoms with E-state index in [1.54, 1.807) is 5.57 Å². The second kappa shape index (κ2) is 3.84. The van der Waals surface area contributed by atoms with E-state index in [0.29, 0.717) is 11.8 Å². The van der Waals surface area contributed by atoms with Crippen molar-refractivity contribution in [2.24, 2.45) is 11.8 Å². The van der Waals surface area contributed by atoms with Gasteiger partial charge in [0.05, 0.1) is 0 Å². The maximum absolute atomic E-state index is 4.41. The summed E-state index contributed by atoms with van der Waals surface area (Å²) in [5.41, 5.74) is 3.08. The molecule has 0 radical (unpaired) electrons. The van der Waals surface area contributed by atoms with Crippen LogP contribution in [0.3, 0.4) is 0 Å². The summed E-state index contributed by atoms with van der Waals surface area (Å²) < 4.78 is 2.30. The van der Waals surface area contributed by atoms with Gasteiger partial charge in [-0.25, -0.2) is 4.98 Å².